The minimum Gasteiger partial charge on any atom is -0.477 e. The largest absolute Gasteiger partial charge is 0.477 e. The molecule has 6 nitrogen and oxygen atoms in total. The van der Waals surface area contributed by atoms with E-state index in [1.165, 1.54) is 0 Å². The van der Waals surface area contributed by atoms with Crippen LogP contribution in [0.2, 0.25) is 0 Å². The Bertz CT molecular complexity index is 561. The number of carboxylic acid groups (broad SMARTS) is 1. The Morgan fingerprint density at radius 1 is 1.61 bits per heavy atom. The lowest BCUT2D eigenvalue weighted by Gasteiger charge is -2.02. The first-order valence-electron chi connectivity index (χ1n) is 5.49. The molecule has 2 rings (SSSR count). The van der Waals surface area contributed by atoms with Crippen LogP contribution in [0.3, 0.4) is 0 Å². The molecule has 0 aliphatic carbocycles. The Labute approximate surface area is 108 Å². The van der Waals surface area contributed by atoms with Gasteiger partial charge in [0.2, 0.25) is 0 Å². The first kappa shape index (κ1) is 12.6. The van der Waals surface area contributed by atoms with Crippen molar-refractivity contribution in [1.82, 2.24) is 14.8 Å². The van der Waals surface area contributed by atoms with E-state index in [4.69, 9.17) is 5.11 Å². The summed E-state index contributed by atoms with van der Waals surface area (Å²) >= 11 is 1.16. The molecule has 0 aromatic carbocycles. The van der Waals surface area contributed by atoms with Crippen LogP contribution in [0.1, 0.15) is 21.1 Å². The lowest BCUT2D eigenvalue weighted by atomic mass is 10.3. The van der Waals surface area contributed by atoms with Crippen LogP contribution in [0.25, 0.3) is 0 Å². The van der Waals surface area contributed by atoms with Crippen molar-refractivity contribution < 1.29 is 9.90 Å². The van der Waals surface area contributed by atoms with Gasteiger partial charge in [0.15, 0.2) is 5.13 Å². The first-order chi connectivity index (χ1) is 8.58. The van der Waals surface area contributed by atoms with E-state index in [1.54, 1.807) is 13.1 Å². The minimum absolute atomic E-state index is 0.290. The molecule has 0 aliphatic rings. The van der Waals surface area contributed by atoms with Gasteiger partial charge in [-0.15, -0.1) is 0 Å². The zero-order valence-electron chi connectivity index (χ0n) is 10.2. The fourth-order valence-electron chi connectivity index (χ4n) is 1.61. The molecule has 0 amide bonds. The molecule has 0 fully saturated rings. The quantitative estimate of drug-likeness (QED) is 0.858. The molecule has 2 N–H and O–H groups in total. The normalized spacial score (nSPS) is 10.6. The van der Waals surface area contributed by atoms with Crippen LogP contribution >= 0.6 is 11.3 Å². The fraction of sp³-hybridized carbons (Fsp3) is 0.364. The van der Waals surface area contributed by atoms with Crippen molar-refractivity contribution in [1.29, 1.82) is 0 Å². The summed E-state index contributed by atoms with van der Waals surface area (Å²) in [7, 11) is 1.89. The number of carbonyl (C=O) groups is 1. The van der Waals surface area contributed by atoms with E-state index >= 15 is 0 Å². The van der Waals surface area contributed by atoms with Gasteiger partial charge in [-0.05, 0) is 13.0 Å². The van der Waals surface area contributed by atoms with E-state index in [0.717, 1.165) is 23.5 Å². The van der Waals surface area contributed by atoms with Crippen LogP contribution in [-0.4, -0.2) is 32.4 Å². The molecular weight excluding hydrogens is 252 g/mol. The van der Waals surface area contributed by atoms with Gasteiger partial charge < -0.3 is 10.4 Å². The third kappa shape index (κ3) is 2.67. The summed E-state index contributed by atoms with van der Waals surface area (Å²) in [6, 6.07) is 1.96. The summed E-state index contributed by atoms with van der Waals surface area (Å²) in [6.45, 7) is 2.40. The van der Waals surface area contributed by atoms with Crippen LogP contribution in [-0.2, 0) is 13.5 Å². The Morgan fingerprint density at radius 2 is 2.39 bits per heavy atom. The molecular formula is C11H14N4O2S. The molecule has 0 atom stereocenters. The number of aromatic carboxylic acids is 1. The Kier molecular flexibility index (Phi) is 3.61. The number of thiazole rings is 1. The van der Waals surface area contributed by atoms with E-state index in [1.807, 2.05) is 17.8 Å². The Morgan fingerprint density at radius 3 is 2.94 bits per heavy atom. The van der Waals surface area contributed by atoms with Crippen molar-refractivity contribution in [3.05, 3.63) is 28.5 Å². The van der Waals surface area contributed by atoms with Crippen LogP contribution < -0.4 is 5.32 Å². The minimum atomic E-state index is -0.926. The van der Waals surface area contributed by atoms with Crippen molar-refractivity contribution in [3.8, 4) is 0 Å². The molecule has 0 spiro atoms. The molecule has 2 aromatic heterocycles. The van der Waals surface area contributed by atoms with Gasteiger partial charge in [-0.3, -0.25) is 4.68 Å². The molecule has 2 heterocycles. The molecule has 7 heteroatoms. The average molecular weight is 266 g/mol. The van der Waals surface area contributed by atoms with E-state index in [9.17, 15) is 4.79 Å². The maximum atomic E-state index is 10.9. The summed E-state index contributed by atoms with van der Waals surface area (Å²) in [5.74, 6) is -0.926. The number of aromatic nitrogens is 3. The predicted molar refractivity (Wildman–Crippen MR) is 69.2 cm³/mol. The van der Waals surface area contributed by atoms with Gasteiger partial charge in [-0.25, -0.2) is 9.78 Å². The molecule has 0 bridgehead atoms. The average Bonchev–Trinajstić information content (AvgIpc) is 2.86. The smallest absolute Gasteiger partial charge is 0.347 e. The third-order valence-corrected chi connectivity index (χ3v) is 3.67. The highest BCUT2D eigenvalue weighted by atomic mass is 32.1. The van der Waals surface area contributed by atoms with E-state index in [2.05, 4.69) is 15.4 Å². The standard InChI is InChI=1S/C11H14N4O2S/c1-7-9(10(16)17)18-11(14-7)12-5-3-8-4-6-13-15(8)2/h4,6H,3,5H2,1-2H3,(H,12,14)(H,16,17). The molecule has 0 radical (unpaired) electrons. The van der Waals surface area contributed by atoms with Gasteiger partial charge in [0, 0.05) is 31.9 Å². The molecule has 2 aromatic rings. The number of nitrogens with one attached hydrogen (secondary N) is 1. The highest BCUT2D eigenvalue weighted by Gasteiger charge is 2.13. The number of carboxylic acids is 1. The van der Waals surface area contributed by atoms with Gasteiger partial charge in [-0.1, -0.05) is 11.3 Å². The van der Waals surface area contributed by atoms with Crippen LogP contribution in [0, 0.1) is 6.92 Å². The summed E-state index contributed by atoms with van der Waals surface area (Å²) in [6.07, 6.45) is 2.57. The maximum absolute atomic E-state index is 10.9. The fourth-order valence-corrected chi connectivity index (χ4v) is 2.45. The number of hydrogen-bond acceptors (Lipinski definition) is 5. The zero-order chi connectivity index (χ0) is 13.1. The first-order valence-corrected chi connectivity index (χ1v) is 6.31. The monoisotopic (exact) mass is 266 g/mol. The van der Waals surface area contributed by atoms with Gasteiger partial charge in [0.1, 0.15) is 4.88 Å². The van der Waals surface area contributed by atoms with Gasteiger partial charge in [-0.2, -0.15) is 5.10 Å². The van der Waals surface area contributed by atoms with Crippen molar-refractivity contribution in [2.24, 2.45) is 7.05 Å². The van der Waals surface area contributed by atoms with Gasteiger partial charge >= 0.3 is 5.97 Å². The second-order valence-electron chi connectivity index (χ2n) is 3.86. The predicted octanol–water partition coefficient (Wildman–Crippen LogP) is 1.54. The van der Waals surface area contributed by atoms with E-state index in [0.29, 0.717) is 17.4 Å². The second kappa shape index (κ2) is 5.18. The van der Waals surface area contributed by atoms with Crippen molar-refractivity contribution >= 4 is 22.4 Å². The molecule has 0 unspecified atom stereocenters. The van der Waals surface area contributed by atoms with Gasteiger partial charge in [0.25, 0.3) is 0 Å². The lowest BCUT2D eigenvalue weighted by Crippen LogP contribution is -2.08. The SMILES string of the molecule is Cc1nc(NCCc2ccnn2C)sc1C(=O)O. The van der Waals surface area contributed by atoms with Gasteiger partial charge in [0.05, 0.1) is 5.69 Å². The highest BCUT2D eigenvalue weighted by Crippen LogP contribution is 2.22. The van der Waals surface area contributed by atoms with Crippen molar-refractivity contribution in [2.75, 3.05) is 11.9 Å². The van der Waals surface area contributed by atoms with Crippen LogP contribution in [0.5, 0.6) is 0 Å². The summed E-state index contributed by atoms with van der Waals surface area (Å²) in [5.41, 5.74) is 1.67. The van der Waals surface area contributed by atoms with Crippen LogP contribution in [0.15, 0.2) is 12.3 Å². The zero-order valence-corrected chi connectivity index (χ0v) is 11.0. The topological polar surface area (TPSA) is 80.0 Å². The van der Waals surface area contributed by atoms with E-state index in [-0.39, 0.29) is 4.88 Å². The number of aryl methyl sites for hydroxylation is 2. The van der Waals surface area contributed by atoms with Crippen LogP contribution in [0.4, 0.5) is 5.13 Å². The number of nitrogens with zero attached hydrogens (tertiary/aromatic N) is 3. The number of rotatable bonds is 5. The molecule has 0 aliphatic heterocycles. The maximum Gasteiger partial charge on any atom is 0.347 e. The van der Waals surface area contributed by atoms with Crippen molar-refractivity contribution in [2.45, 2.75) is 13.3 Å². The molecule has 0 saturated carbocycles. The molecule has 96 valence electrons. The Balaban J connectivity index is 1.93. The molecule has 0 saturated heterocycles. The highest BCUT2D eigenvalue weighted by molar-refractivity contribution is 7.17. The van der Waals surface area contributed by atoms with E-state index < -0.39 is 5.97 Å². The number of anilines is 1. The summed E-state index contributed by atoms with van der Waals surface area (Å²) in [5, 5.41) is 16.8. The Hall–Kier alpha value is -1.89. The second-order valence-corrected chi connectivity index (χ2v) is 4.86. The lowest BCUT2D eigenvalue weighted by molar-refractivity contribution is 0.0701. The summed E-state index contributed by atoms with van der Waals surface area (Å²) in [4.78, 5) is 15.3. The van der Waals surface area contributed by atoms with Crippen molar-refractivity contribution in [3.63, 3.8) is 0 Å². The number of hydrogen-bond donors (Lipinski definition) is 2. The molecule has 18 heavy (non-hydrogen) atoms. The third-order valence-electron chi connectivity index (χ3n) is 2.57. The summed E-state index contributed by atoms with van der Waals surface area (Å²) < 4.78 is 1.82.